The van der Waals surface area contributed by atoms with E-state index in [9.17, 15) is 13.2 Å². The molecule has 1 aliphatic rings. The summed E-state index contributed by atoms with van der Waals surface area (Å²) in [6.07, 6.45) is 1.40. The summed E-state index contributed by atoms with van der Waals surface area (Å²) in [5, 5.41) is 0.713. The zero-order valence-electron chi connectivity index (χ0n) is 16.7. The molecule has 1 aliphatic heterocycles. The minimum absolute atomic E-state index is 0.147. The second kappa shape index (κ2) is 7.50. The number of benzene rings is 2. The fourth-order valence-electron chi connectivity index (χ4n) is 3.57. The van der Waals surface area contributed by atoms with Crippen molar-refractivity contribution in [2.75, 3.05) is 7.11 Å². The maximum Gasteiger partial charge on any atom is 0.337 e. The predicted molar refractivity (Wildman–Crippen MR) is 114 cm³/mol. The predicted octanol–water partition coefficient (Wildman–Crippen LogP) is 4.05. The minimum atomic E-state index is -3.96. The second-order valence-electron chi connectivity index (χ2n) is 7.07. The van der Waals surface area contributed by atoms with E-state index < -0.39 is 22.1 Å². The highest BCUT2D eigenvalue weighted by Gasteiger charge is 2.34. The number of para-hydroxylation sites is 1. The number of fused-ring (bicyclic) bond motifs is 1. The summed E-state index contributed by atoms with van der Waals surface area (Å²) < 4.78 is 39.4. The zero-order chi connectivity index (χ0) is 21.5. The van der Waals surface area contributed by atoms with Gasteiger partial charge in [0, 0.05) is 11.8 Å². The van der Waals surface area contributed by atoms with Gasteiger partial charge in [-0.2, -0.15) is 0 Å². The molecule has 0 N–H and O–H groups in total. The van der Waals surface area contributed by atoms with Crippen LogP contribution in [0, 0.1) is 6.92 Å². The number of aryl methyl sites for hydroxylation is 1. The van der Waals surface area contributed by atoms with E-state index in [0.29, 0.717) is 10.9 Å². The van der Waals surface area contributed by atoms with Crippen molar-refractivity contribution in [2.45, 2.75) is 24.3 Å². The van der Waals surface area contributed by atoms with Gasteiger partial charge in [-0.1, -0.05) is 48.6 Å². The summed E-state index contributed by atoms with van der Waals surface area (Å²) in [5.41, 5.74) is 2.01. The Morgan fingerprint density at radius 1 is 1.20 bits per heavy atom. The fraction of sp³-hybridized carbons (Fsp3) is 0.174. The average molecular weight is 423 g/mol. The molecule has 1 aromatic heterocycles. The van der Waals surface area contributed by atoms with E-state index in [-0.39, 0.29) is 28.3 Å². The Balaban J connectivity index is 2.01. The van der Waals surface area contributed by atoms with Crippen LogP contribution in [0.3, 0.4) is 0 Å². The lowest BCUT2D eigenvalue weighted by molar-refractivity contribution is -0.136. The summed E-state index contributed by atoms with van der Waals surface area (Å²) >= 11 is 0. The molecular formula is C23H21NO5S. The maximum absolute atomic E-state index is 13.6. The van der Waals surface area contributed by atoms with E-state index in [1.807, 2.05) is 19.1 Å². The number of ether oxygens (including phenoxy) is 2. The van der Waals surface area contributed by atoms with Crippen LogP contribution in [0.2, 0.25) is 0 Å². The molecule has 0 radical (unpaired) electrons. The van der Waals surface area contributed by atoms with Crippen molar-refractivity contribution >= 4 is 32.7 Å². The van der Waals surface area contributed by atoms with Gasteiger partial charge in [-0.05, 0) is 31.2 Å². The molecule has 1 atom stereocenters. The normalized spacial score (nSPS) is 16.5. The van der Waals surface area contributed by atoms with Crippen LogP contribution in [0.4, 0.5) is 0 Å². The Bertz CT molecular complexity index is 1280. The van der Waals surface area contributed by atoms with Gasteiger partial charge in [-0.3, -0.25) is 0 Å². The van der Waals surface area contributed by atoms with Gasteiger partial charge in [0.15, 0.2) is 5.76 Å². The van der Waals surface area contributed by atoms with Crippen molar-refractivity contribution < 1.29 is 22.7 Å². The highest BCUT2D eigenvalue weighted by Crippen LogP contribution is 2.38. The first-order chi connectivity index (χ1) is 14.4. The van der Waals surface area contributed by atoms with Gasteiger partial charge >= 0.3 is 5.97 Å². The standard InChI is InChI=1S/C23H21NO5S/c1-4-17-14-19(23(25)28-3)22(29-17)21-13-16-7-5-6-8-20(16)24(21)30(26,27)18-11-9-15(2)10-12-18/h4-13,17H,1,14H2,2-3H3/t17-/m0/s1. The van der Waals surface area contributed by atoms with Crippen LogP contribution in [0.5, 0.6) is 0 Å². The molecule has 30 heavy (non-hydrogen) atoms. The third kappa shape index (κ3) is 3.21. The molecule has 2 aromatic carbocycles. The summed E-state index contributed by atoms with van der Waals surface area (Å²) in [5.74, 6) is -0.363. The molecule has 0 saturated carbocycles. The van der Waals surface area contributed by atoms with Crippen molar-refractivity contribution in [2.24, 2.45) is 0 Å². The molecule has 0 unspecified atom stereocenters. The number of carbonyl (C=O) groups excluding carboxylic acids is 1. The first kappa shape index (κ1) is 20.0. The van der Waals surface area contributed by atoms with Gasteiger partial charge in [0.1, 0.15) is 11.8 Å². The van der Waals surface area contributed by atoms with Gasteiger partial charge in [0.2, 0.25) is 0 Å². The number of hydrogen-bond acceptors (Lipinski definition) is 5. The highest BCUT2D eigenvalue weighted by molar-refractivity contribution is 7.90. The third-order valence-corrected chi connectivity index (χ3v) is 6.84. The lowest BCUT2D eigenvalue weighted by atomic mass is 10.1. The van der Waals surface area contributed by atoms with Gasteiger partial charge < -0.3 is 9.47 Å². The van der Waals surface area contributed by atoms with Crippen LogP contribution in [-0.4, -0.2) is 31.6 Å². The van der Waals surface area contributed by atoms with Gasteiger partial charge in [-0.25, -0.2) is 17.2 Å². The number of rotatable bonds is 5. The third-order valence-electron chi connectivity index (χ3n) is 5.10. The van der Waals surface area contributed by atoms with E-state index in [2.05, 4.69) is 6.58 Å². The van der Waals surface area contributed by atoms with Crippen LogP contribution < -0.4 is 0 Å². The van der Waals surface area contributed by atoms with Crippen LogP contribution >= 0.6 is 0 Å². The molecule has 0 saturated heterocycles. The topological polar surface area (TPSA) is 74.6 Å². The van der Waals surface area contributed by atoms with Crippen LogP contribution in [0.25, 0.3) is 16.7 Å². The van der Waals surface area contributed by atoms with Crippen molar-refractivity contribution in [3.05, 3.63) is 84.1 Å². The minimum Gasteiger partial charge on any atom is -0.483 e. The molecule has 7 heteroatoms. The molecule has 3 aromatic rings. The van der Waals surface area contributed by atoms with Crippen molar-refractivity contribution in [1.29, 1.82) is 0 Å². The molecule has 6 nitrogen and oxygen atoms in total. The van der Waals surface area contributed by atoms with Crippen LogP contribution in [-0.2, 0) is 24.3 Å². The Morgan fingerprint density at radius 2 is 1.90 bits per heavy atom. The molecule has 154 valence electrons. The quantitative estimate of drug-likeness (QED) is 0.457. The van der Waals surface area contributed by atoms with E-state index >= 15 is 0 Å². The Kier molecular flexibility index (Phi) is 4.99. The molecule has 4 rings (SSSR count). The van der Waals surface area contributed by atoms with Gasteiger partial charge in [0.25, 0.3) is 10.0 Å². The summed E-state index contributed by atoms with van der Waals surface area (Å²) in [6.45, 7) is 5.62. The Morgan fingerprint density at radius 3 is 2.57 bits per heavy atom. The van der Waals surface area contributed by atoms with Crippen molar-refractivity contribution in [3.8, 4) is 0 Å². The number of hydrogen-bond donors (Lipinski definition) is 0. The van der Waals surface area contributed by atoms with E-state index in [1.165, 1.54) is 11.1 Å². The number of methoxy groups -OCH3 is 1. The summed E-state index contributed by atoms with van der Waals surface area (Å²) in [7, 11) is -2.68. The zero-order valence-corrected chi connectivity index (χ0v) is 17.5. The second-order valence-corrected chi connectivity index (χ2v) is 8.85. The monoisotopic (exact) mass is 423 g/mol. The summed E-state index contributed by atoms with van der Waals surface area (Å²) in [4.78, 5) is 12.5. The van der Waals surface area contributed by atoms with E-state index in [1.54, 1.807) is 48.5 Å². The number of esters is 1. The highest BCUT2D eigenvalue weighted by atomic mass is 32.2. The molecule has 0 fully saturated rings. The molecule has 0 amide bonds. The molecular weight excluding hydrogens is 402 g/mol. The number of nitrogens with zero attached hydrogens (tertiary/aromatic N) is 1. The van der Waals surface area contributed by atoms with Crippen molar-refractivity contribution in [3.63, 3.8) is 0 Å². The number of aromatic nitrogens is 1. The van der Waals surface area contributed by atoms with Crippen LogP contribution in [0.1, 0.15) is 17.7 Å². The van der Waals surface area contributed by atoms with Gasteiger partial charge in [-0.15, -0.1) is 0 Å². The smallest absolute Gasteiger partial charge is 0.337 e. The van der Waals surface area contributed by atoms with E-state index in [0.717, 1.165) is 5.56 Å². The molecule has 0 bridgehead atoms. The Hall–Kier alpha value is -3.32. The lowest BCUT2D eigenvalue weighted by Crippen LogP contribution is -2.16. The number of carbonyl (C=O) groups is 1. The van der Waals surface area contributed by atoms with Crippen molar-refractivity contribution in [1.82, 2.24) is 3.97 Å². The first-order valence-corrected chi connectivity index (χ1v) is 10.8. The molecule has 2 heterocycles. The molecule has 0 spiro atoms. The van der Waals surface area contributed by atoms with Gasteiger partial charge in [0.05, 0.1) is 23.1 Å². The maximum atomic E-state index is 13.6. The lowest BCUT2D eigenvalue weighted by Gasteiger charge is -2.14. The summed E-state index contributed by atoms with van der Waals surface area (Å²) in [6, 6.07) is 15.5. The Labute approximate surface area is 175 Å². The first-order valence-electron chi connectivity index (χ1n) is 9.40. The average Bonchev–Trinajstić information content (AvgIpc) is 3.35. The SMILES string of the molecule is C=C[C@H]1CC(C(=O)OC)=C(c2cc3ccccc3n2S(=O)(=O)c2ccc(C)cc2)O1. The van der Waals surface area contributed by atoms with Crippen LogP contribution in [0.15, 0.2) is 77.7 Å². The largest absolute Gasteiger partial charge is 0.483 e. The van der Waals surface area contributed by atoms with E-state index in [4.69, 9.17) is 9.47 Å². The molecule has 0 aliphatic carbocycles. The fourth-order valence-corrected chi connectivity index (χ4v) is 5.08.